The number of esters is 1. The molecule has 0 aliphatic heterocycles. The van der Waals surface area contributed by atoms with E-state index in [-0.39, 0.29) is 5.97 Å². The number of allylic oxidation sites excluding steroid dienone is 1. The maximum absolute atomic E-state index is 11.2. The van der Waals surface area contributed by atoms with E-state index in [0.717, 1.165) is 19.3 Å². The highest BCUT2D eigenvalue weighted by Gasteiger charge is 2.00. The van der Waals surface area contributed by atoms with Gasteiger partial charge in [0.15, 0.2) is 0 Å². The molecule has 2 heteroatoms. The summed E-state index contributed by atoms with van der Waals surface area (Å²) in [6.45, 7) is 4.68. The van der Waals surface area contributed by atoms with Crippen LogP contribution in [0.25, 0.3) is 0 Å². The van der Waals surface area contributed by atoms with Gasteiger partial charge < -0.3 is 4.74 Å². The van der Waals surface area contributed by atoms with Crippen LogP contribution in [0, 0.1) is 0 Å². The van der Waals surface area contributed by atoms with Crippen LogP contribution in [0.15, 0.2) is 12.2 Å². The fourth-order valence-electron chi connectivity index (χ4n) is 1.32. The van der Waals surface area contributed by atoms with Crippen molar-refractivity contribution < 1.29 is 9.53 Å². The molecule has 0 atom stereocenters. The van der Waals surface area contributed by atoms with E-state index in [0.29, 0.717) is 13.0 Å². The second kappa shape index (κ2) is 11.3. The maximum Gasteiger partial charge on any atom is 0.306 e. The Balaban J connectivity index is 3.22. The summed E-state index contributed by atoms with van der Waals surface area (Å²) in [4.78, 5) is 11.2. The van der Waals surface area contributed by atoms with Crippen LogP contribution in [-0.4, -0.2) is 12.6 Å². The second-order valence-electron chi connectivity index (χ2n) is 3.73. The second-order valence-corrected chi connectivity index (χ2v) is 3.73. The largest absolute Gasteiger partial charge is 0.461 e. The van der Waals surface area contributed by atoms with E-state index < -0.39 is 0 Å². The molecule has 0 aliphatic rings. The molecule has 15 heavy (non-hydrogen) atoms. The molecule has 0 N–H and O–H groups in total. The first-order valence-electron chi connectivity index (χ1n) is 6.11. The van der Waals surface area contributed by atoms with E-state index in [2.05, 4.69) is 13.8 Å². The molecule has 0 unspecified atom stereocenters. The van der Waals surface area contributed by atoms with Crippen LogP contribution in [0.1, 0.15) is 58.8 Å². The maximum atomic E-state index is 11.2. The first-order valence-corrected chi connectivity index (χ1v) is 6.11. The van der Waals surface area contributed by atoms with Crippen LogP contribution in [0.5, 0.6) is 0 Å². The molecular formula is C13H24O2. The summed E-state index contributed by atoms with van der Waals surface area (Å²) in [5, 5.41) is 0. The molecule has 0 heterocycles. The fraction of sp³-hybridized carbons (Fsp3) is 0.769. The molecule has 0 aromatic rings. The van der Waals surface area contributed by atoms with Gasteiger partial charge in [-0.1, -0.05) is 51.7 Å². The average molecular weight is 212 g/mol. The molecule has 0 bridgehead atoms. The number of carbonyl (C=O) groups is 1. The van der Waals surface area contributed by atoms with Crippen molar-refractivity contribution in [1.82, 2.24) is 0 Å². The highest BCUT2D eigenvalue weighted by molar-refractivity contribution is 5.69. The number of hydrogen-bond donors (Lipinski definition) is 0. The van der Waals surface area contributed by atoms with Crippen molar-refractivity contribution >= 4 is 5.97 Å². The van der Waals surface area contributed by atoms with Gasteiger partial charge in [-0.25, -0.2) is 0 Å². The van der Waals surface area contributed by atoms with Gasteiger partial charge in [-0.2, -0.15) is 0 Å². The zero-order valence-corrected chi connectivity index (χ0v) is 10.1. The van der Waals surface area contributed by atoms with E-state index >= 15 is 0 Å². The molecule has 0 amide bonds. The first kappa shape index (κ1) is 14.2. The van der Waals surface area contributed by atoms with Crippen LogP contribution in [0.2, 0.25) is 0 Å². The Morgan fingerprint density at radius 1 is 1.07 bits per heavy atom. The summed E-state index contributed by atoms with van der Waals surface area (Å²) in [6, 6.07) is 0. The van der Waals surface area contributed by atoms with Crippen LogP contribution in [0.4, 0.5) is 0 Å². The molecule has 0 radical (unpaired) electrons. The van der Waals surface area contributed by atoms with Crippen LogP contribution >= 0.6 is 0 Å². The Morgan fingerprint density at radius 2 is 1.80 bits per heavy atom. The Hall–Kier alpha value is -0.790. The molecule has 0 rings (SSSR count). The van der Waals surface area contributed by atoms with Gasteiger partial charge >= 0.3 is 5.97 Å². The van der Waals surface area contributed by atoms with Gasteiger partial charge in [0.1, 0.15) is 6.61 Å². The van der Waals surface area contributed by atoms with E-state index in [9.17, 15) is 4.79 Å². The third kappa shape index (κ3) is 11.1. The van der Waals surface area contributed by atoms with Crippen molar-refractivity contribution in [1.29, 1.82) is 0 Å². The average Bonchev–Trinajstić information content (AvgIpc) is 2.24. The number of rotatable bonds is 9. The number of hydrogen-bond acceptors (Lipinski definition) is 2. The lowest BCUT2D eigenvalue weighted by Gasteiger charge is -2.01. The van der Waals surface area contributed by atoms with Crippen LogP contribution in [-0.2, 0) is 9.53 Å². The molecule has 0 aliphatic carbocycles. The van der Waals surface area contributed by atoms with Crippen molar-refractivity contribution in [3.8, 4) is 0 Å². The minimum absolute atomic E-state index is 0.0627. The highest BCUT2D eigenvalue weighted by atomic mass is 16.5. The van der Waals surface area contributed by atoms with Gasteiger partial charge in [-0.05, 0) is 12.8 Å². The lowest BCUT2D eigenvalue weighted by molar-refractivity contribution is -0.142. The normalized spacial score (nSPS) is 10.8. The minimum Gasteiger partial charge on any atom is -0.461 e. The summed E-state index contributed by atoms with van der Waals surface area (Å²) in [7, 11) is 0. The summed E-state index contributed by atoms with van der Waals surface area (Å²) in [5.41, 5.74) is 0. The van der Waals surface area contributed by atoms with Gasteiger partial charge in [-0.15, -0.1) is 0 Å². The van der Waals surface area contributed by atoms with Gasteiger partial charge in [0.25, 0.3) is 0 Å². The van der Waals surface area contributed by atoms with Gasteiger partial charge in [0, 0.05) is 6.42 Å². The number of unbranched alkanes of at least 4 members (excludes halogenated alkanes) is 4. The Kier molecular flexibility index (Phi) is 10.7. The van der Waals surface area contributed by atoms with Gasteiger partial charge in [0.2, 0.25) is 0 Å². The predicted molar refractivity (Wildman–Crippen MR) is 63.8 cm³/mol. The molecular weight excluding hydrogens is 188 g/mol. The minimum atomic E-state index is -0.0627. The SMILES string of the molecule is CC/C=C/COC(=O)CCCCCCC. The Bertz CT molecular complexity index is 173. The molecule has 0 aromatic heterocycles. The Morgan fingerprint density at radius 3 is 2.47 bits per heavy atom. The predicted octanol–water partition coefficient (Wildman–Crippen LogP) is 3.86. The highest BCUT2D eigenvalue weighted by Crippen LogP contribution is 2.05. The third-order valence-corrected chi connectivity index (χ3v) is 2.23. The summed E-state index contributed by atoms with van der Waals surface area (Å²) >= 11 is 0. The fourth-order valence-corrected chi connectivity index (χ4v) is 1.32. The number of ether oxygens (including phenoxy) is 1. The monoisotopic (exact) mass is 212 g/mol. The summed E-state index contributed by atoms with van der Waals surface area (Å²) < 4.78 is 5.02. The van der Waals surface area contributed by atoms with Crippen molar-refractivity contribution in [2.45, 2.75) is 58.8 Å². The van der Waals surface area contributed by atoms with E-state index in [4.69, 9.17) is 4.74 Å². The lowest BCUT2D eigenvalue weighted by Crippen LogP contribution is -2.03. The molecule has 0 fully saturated rings. The molecule has 0 spiro atoms. The molecule has 2 nitrogen and oxygen atoms in total. The van der Waals surface area contributed by atoms with Crippen molar-refractivity contribution in [2.75, 3.05) is 6.61 Å². The third-order valence-electron chi connectivity index (χ3n) is 2.23. The van der Waals surface area contributed by atoms with E-state index in [1.54, 1.807) is 0 Å². The zero-order valence-electron chi connectivity index (χ0n) is 10.1. The van der Waals surface area contributed by atoms with Crippen molar-refractivity contribution in [3.63, 3.8) is 0 Å². The standard InChI is InChI=1S/C13H24O2/c1-3-5-7-8-9-11-13(14)15-12-10-6-4-2/h6,10H,3-5,7-9,11-12H2,1-2H3/b10-6+. The van der Waals surface area contributed by atoms with Crippen LogP contribution in [0.3, 0.4) is 0 Å². The smallest absolute Gasteiger partial charge is 0.306 e. The summed E-state index contributed by atoms with van der Waals surface area (Å²) in [5.74, 6) is -0.0627. The zero-order chi connectivity index (χ0) is 11.4. The summed E-state index contributed by atoms with van der Waals surface area (Å²) in [6.07, 6.45) is 11.3. The first-order chi connectivity index (χ1) is 7.31. The molecule has 0 saturated carbocycles. The van der Waals surface area contributed by atoms with E-state index in [1.807, 2.05) is 12.2 Å². The molecule has 0 saturated heterocycles. The van der Waals surface area contributed by atoms with E-state index in [1.165, 1.54) is 19.3 Å². The lowest BCUT2D eigenvalue weighted by atomic mass is 10.1. The molecule has 0 aromatic carbocycles. The molecule has 88 valence electrons. The van der Waals surface area contributed by atoms with Crippen molar-refractivity contribution in [2.24, 2.45) is 0 Å². The Labute approximate surface area is 93.7 Å². The van der Waals surface area contributed by atoms with Gasteiger partial charge in [-0.3, -0.25) is 4.79 Å². The number of carbonyl (C=O) groups excluding carboxylic acids is 1. The van der Waals surface area contributed by atoms with Crippen LogP contribution < -0.4 is 0 Å². The topological polar surface area (TPSA) is 26.3 Å². The van der Waals surface area contributed by atoms with Crippen molar-refractivity contribution in [3.05, 3.63) is 12.2 Å². The quantitative estimate of drug-likeness (QED) is 0.329. The van der Waals surface area contributed by atoms with Gasteiger partial charge in [0.05, 0.1) is 0 Å².